The number of hydrogen-bond acceptors (Lipinski definition) is 4. The Hall–Kier alpha value is -0.160. The van der Waals surface area contributed by atoms with Crippen molar-refractivity contribution in [2.45, 2.75) is 32.0 Å². The third-order valence-corrected chi connectivity index (χ3v) is 3.25. The van der Waals surface area contributed by atoms with Crippen LogP contribution in [-0.2, 0) is 0 Å². The summed E-state index contributed by atoms with van der Waals surface area (Å²) in [5, 5.41) is 9.27. The number of aliphatic hydroxyl groups is 1. The topological polar surface area (TPSA) is 52.7 Å². The molecular formula is C10H23N3O. The quantitative estimate of drug-likeness (QED) is 0.636. The summed E-state index contributed by atoms with van der Waals surface area (Å²) in [4.78, 5) is 4.64. The zero-order valence-electron chi connectivity index (χ0n) is 9.48. The van der Waals surface area contributed by atoms with Crippen molar-refractivity contribution in [3.05, 3.63) is 0 Å². The molecule has 0 radical (unpaired) electrons. The molecule has 0 spiro atoms. The highest BCUT2D eigenvalue weighted by Crippen LogP contribution is 2.11. The van der Waals surface area contributed by atoms with Crippen LogP contribution >= 0.6 is 0 Å². The lowest BCUT2D eigenvalue weighted by atomic mass is 10.1. The molecule has 84 valence electrons. The summed E-state index contributed by atoms with van der Waals surface area (Å²) in [6.45, 7) is 7.40. The largest absolute Gasteiger partial charge is 0.395 e. The minimum absolute atomic E-state index is 0.0376. The average Bonchev–Trinajstić information content (AvgIpc) is 2.11. The van der Waals surface area contributed by atoms with Crippen molar-refractivity contribution >= 4 is 0 Å². The van der Waals surface area contributed by atoms with E-state index in [4.69, 9.17) is 5.73 Å². The standard InChI is InChI=1S/C10H23N3O/c1-8-6-13(5-4-12(8)3)10(7-14)9(2)11/h8-10,14H,4-7,11H2,1-3H3. The maximum atomic E-state index is 9.27. The first-order valence-corrected chi connectivity index (χ1v) is 5.37. The molecule has 3 unspecified atom stereocenters. The third-order valence-electron chi connectivity index (χ3n) is 3.25. The summed E-state index contributed by atoms with van der Waals surface area (Å²) in [6.07, 6.45) is 0. The van der Waals surface area contributed by atoms with E-state index >= 15 is 0 Å². The Balaban J connectivity index is 2.52. The van der Waals surface area contributed by atoms with Crippen LogP contribution in [-0.4, -0.2) is 66.3 Å². The van der Waals surface area contributed by atoms with Crippen LogP contribution in [0.1, 0.15) is 13.8 Å². The maximum absolute atomic E-state index is 9.27. The first kappa shape index (κ1) is 11.9. The van der Waals surface area contributed by atoms with Gasteiger partial charge in [0.2, 0.25) is 0 Å². The first-order chi connectivity index (χ1) is 6.56. The predicted octanol–water partition coefficient (Wildman–Crippen LogP) is -0.670. The van der Waals surface area contributed by atoms with Crippen molar-refractivity contribution < 1.29 is 5.11 Å². The zero-order valence-corrected chi connectivity index (χ0v) is 9.48. The highest BCUT2D eigenvalue weighted by molar-refractivity contribution is 4.85. The van der Waals surface area contributed by atoms with Crippen LogP contribution in [0.2, 0.25) is 0 Å². The smallest absolute Gasteiger partial charge is 0.0601 e. The molecule has 3 N–H and O–H groups in total. The van der Waals surface area contributed by atoms with E-state index in [2.05, 4.69) is 23.8 Å². The van der Waals surface area contributed by atoms with Crippen molar-refractivity contribution in [1.29, 1.82) is 0 Å². The minimum Gasteiger partial charge on any atom is -0.395 e. The second kappa shape index (κ2) is 5.07. The van der Waals surface area contributed by atoms with Gasteiger partial charge >= 0.3 is 0 Å². The molecule has 4 nitrogen and oxygen atoms in total. The van der Waals surface area contributed by atoms with Gasteiger partial charge in [-0.25, -0.2) is 0 Å². The molecule has 0 aliphatic carbocycles. The fourth-order valence-corrected chi connectivity index (χ4v) is 1.99. The minimum atomic E-state index is 0.0376. The normalized spacial score (nSPS) is 30.2. The fraction of sp³-hybridized carbons (Fsp3) is 1.00. The molecule has 1 fully saturated rings. The van der Waals surface area contributed by atoms with Crippen molar-refractivity contribution in [2.24, 2.45) is 5.73 Å². The monoisotopic (exact) mass is 201 g/mol. The van der Waals surface area contributed by atoms with Gasteiger partial charge in [0.1, 0.15) is 0 Å². The lowest BCUT2D eigenvalue weighted by molar-refractivity contribution is 0.0388. The zero-order chi connectivity index (χ0) is 10.7. The summed E-state index contributed by atoms with van der Waals surface area (Å²) < 4.78 is 0. The van der Waals surface area contributed by atoms with E-state index in [1.807, 2.05) is 6.92 Å². The van der Waals surface area contributed by atoms with E-state index in [0.29, 0.717) is 6.04 Å². The second-order valence-corrected chi connectivity index (χ2v) is 4.43. The lowest BCUT2D eigenvalue weighted by Crippen LogP contribution is -2.58. The summed E-state index contributed by atoms with van der Waals surface area (Å²) in [6, 6.07) is 0.707. The van der Waals surface area contributed by atoms with Gasteiger partial charge in [0.25, 0.3) is 0 Å². The maximum Gasteiger partial charge on any atom is 0.0601 e. The molecule has 0 amide bonds. The van der Waals surface area contributed by atoms with Crippen LogP contribution in [0.4, 0.5) is 0 Å². The van der Waals surface area contributed by atoms with E-state index in [1.165, 1.54) is 0 Å². The second-order valence-electron chi connectivity index (χ2n) is 4.43. The van der Waals surface area contributed by atoms with Gasteiger partial charge in [-0.05, 0) is 20.9 Å². The Labute approximate surface area is 86.7 Å². The SMILES string of the molecule is CC(N)C(CO)N1CCN(C)C(C)C1. The van der Waals surface area contributed by atoms with Crippen LogP contribution in [0.3, 0.4) is 0 Å². The van der Waals surface area contributed by atoms with Crippen LogP contribution < -0.4 is 5.73 Å². The van der Waals surface area contributed by atoms with E-state index in [-0.39, 0.29) is 18.7 Å². The van der Waals surface area contributed by atoms with Gasteiger partial charge in [0.15, 0.2) is 0 Å². The summed E-state index contributed by atoms with van der Waals surface area (Å²) in [7, 11) is 2.14. The summed E-state index contributed by atoms with van der Waals surface area (Å²) >= 11 is 0. The Morgan fingerprint density at radius 2 is 2.14 bits per heavy atom. The third kappa shape index (κ3) is 2.67. The van der Waals surface area contributed by atoms with Crippen LogP contribution in [0.5, 0.6) is 0 Å². The average molecular weight is 201 g/mol. The number of hydrogen-bond donors (Lipinski definition) is 2. The predicted molar refractivity (Wildman–Crippen MR) is 58.2 cm³/mol. The van der Waals surface area contributed by atoms with E-state index < -0.39 is 0 Å². The Kier molecular flexibility index (Phi) is 4.31. The van der Waals surface area contributed by atoms with Gasteiger partial charge in [-0.2, -0.15) is 0 Å². The number of aliphatic hydroxyl groups excluding tert-OH is 1. The molecule has 4 heteroatoms. The number of rotatable bonds is 3. The molecular weight excluding hydrogens is 178 g/mol. The molecule has 1 aliphatic heterocycles. The van der Waals surface area contributed by atoms with Gasteiger partial charge in [0, 0.05) is 37.8 Å². The molecule has 1 aliphatic rings. The molecule has 1 rings (SSSR count). The van der Waals surface area contributed by atoms with Gasteiger partial charge in [0.05, 0.1) is 6.61 Å². The number of piperazine rings is 1. The van der Waals surface area contributed by atoms with Crippen LogP contribution in [0.15, 0.2) is 0 Å². The summed E-state index contributed by atoms with van der Waals surface area (Å²) in [5.74, 6) is 0. The molecule has 1 saturated heterocycles. The fourth-order valence-electron chi connectivity index (χ4n) is 1.99. The van der Waals surface area contributed by atoms with Gasteiger partial charge < -0.3 is 15.7 Å². The Bertz CT molecular complexity index is 175. The molecule has 1 heterocycles. The Morgan fingerprint density at radius 3 is 2.57 bits per heavy atom. The van der Waals surface area contributed by atoms with Crippen LogP contribution in [0, 0.1) is 0 Å². The van der Waals surface area contributed by atoms with Gasteiger partial charge in [-0.3, -0.25) is 4.90 Å². The Morgan fingerprint density at radius 1 is 1.50 bits per heavy atom. The number of nitrogens with zero attached hydrogens (tertiary/aromatic N) is 2. The van der Waals surface area contributed by atoms with E-state index in [0.717, 1.165) is 19.6 Å². The highest BCUT2D eigenvalue weighted by Gasteiger charge is 2.27. The first-order valence-electron chi connectivity index (χ1n) is 5.37. The van der Waals surface area contributed by atoms with Gasteiger partial charge in [-0.15, -0.1) is 0 Å². The summed E-state index contributed by atoms with van der Waals surface area (Å²) in [5.41, 5.74) is 5.84. The molecule has 0 aromatic carbocycles. The number of likely N-dealkylation sites (N-methyl/N-ethyl adjacent to an activating group) is 1. The molecule has 0 aromatic heterocycles. The van der Waals surface area contributed by atoms with Crippen molar-refractivity contribution in [2.75, 3.05) is 33.3 Å². The van der Waals surface area contributed by atoms with Crippen LogP contribution in [0.25, 0.3) is 0 Å². The van der Waals surface area contributed by atoms with Crippen molar-refractivity contribution in [3.63, 3.8) is 0 Å². The molecule has 14 heavy (non-hydrogen) atoms. The molecule has 0 bridgehead atoms. The molecule has 0 saturated carbocycles. The van der Waals surface area contributed by atoms with Crippen molar-refractivity contribution in [3.8, 4) is 0 Å². The van der Waals surface area contributed by atoms with E-state index in [9.17, 15) is 5.11 Å². The van der Waals surface area contributed by atoms with Gasteiger partial charge in [-0.1, -0.05) is 0 Å². The van der Waals surface area contributed by atoms with E-state index in [1.54, 1.807) is 0 Å². The molecule has 0 aromatic rings. The molecule has 3 atom stereocenters. The highest BCUT2D eigenvalue weighted by atomic mass is 16.3. The lowest BCUT2D eigenvalue weighted by Gasteiger charge is -2.42. The number of nitrogens with two attached hydrogens (primary N) is 1. The van der Waals surface area contributed by atoms with Crippen molar-refractivity contribution in [1.82, 2.24) is 9.80 Å².